The maximum absolute atomic E-state index is 11.3. The first-order valence-electron chi connectivity index (χ1n) is 9.72. The Kier molecular flexibility index (Phi) is 9.60. The molecule has 0 spiro atoms. The van der Waals surface area contributed by atoms with E-state index >= 15 is 0 Å². The van der Waals surface area contributed by atoms with Crippen LogP contribution < -0.4 is 0 Å². The summed E-state index contributed by atoms with van der Waals surface area (Å²) in [5, 5.41) is 9.30. The van der Waals surface area contributed by atoms with Crippen LogP contribution >= 0.6 is 0 Å². The minimum Gasteiger partial charge on any atom is -0.481 e. The number of ether oxygens (including phenoxy) is 1. The van der Waals surface area contributed by atoms with Crippen molar-refractivity contribution in [2.45, 2.75) is 19.4 Å². The molecule has 0 fully saturated rings. The fraction of sp³-hybridized carbons (Fsp3) is 0.154. The van der Waals surface area contributed by atoms with Crippen LogP contribution in [0.1, 0.15) is 16.7 Å². The first-order valence-corrected chi connectivity index (χ1v) is 9.72. The summed E-state index contributed by atoms with van der Waals surface area (Å²) in [4.78, 5) is 22.0. The maximum atomic E-state index is 11.3. The molecule has 0 heterocycles. The Morgan fingerprint density at radius 3 is 1.53 bits per heavy atom. The van der Waals surface area contributed by atoms with Crippen LogP contribution in [0.25, 0.3) is 0 Å². The molecule has 1 N–H and O–H groups in total. The predicted molar refractivity (Wildman–Crippen MR) is 118 cm³/mol. The van der Waals surface area contributed by atoms with E-state index < -0.39 is 5.97 Å². The van der Waals surface area contributed by atoms with Gasteiger partial charge in [0.25, 0.3) is 0 Å². The number of hydrogen-bond acceptors (Lipinski definition) is 3. The van der Waals surface area contributed by atoms with Crippen molar-refractivity contribution in [3.63, 3.8) is 0 Å². The number of benzene rings is 3. The first kappa shape index (κ1) is 22.6. The molecule has 154 valence electrons. The number of carbonyl (C=O) groups is 2. The molecular weight excluding hydrogens is 376 g/mol. The lowest BCUT2D eigenvalue weighted by Gasteiger charge is -2.12. The molecule has 4 heteroatoms. The van der Waals surface area contributed by atoms with Crippen molar-refractivity contribution in [3.05, 3.63) is 120 Å². The average molecular weight is 402 g/mol. The molecule has 0 atom stereocenters. The number of hydrogen-bond donors (Lipinski definition) is 1. The number of carboxylic acids is 1. The monoisotopic (exact) mass is 402 g/mol. The highest BCUT2D eigenvalue weighted by molar-refractivity contribution is 5.81. The second-order valence-electron chi connectivity index (χ2n) is 6.71. The van der Waals surface area contributed by atoms with Gasteiger partial charge < -0.3 is 9.84 Å². The van der Waals surface area contributed by atoms with Gasteiger partial charge in [0.05, 0.1) is 5.92 Å². The molecule has 0 radical (unpaired) electrons. The fourth-order valence-corrected chi connectivity index (χ4v) is 2.83. The summed E-state index contributed by atoms with van der Waals surface area (Å²) in [6.45, 7) is 3.61. The molecule has 3 aromatic carbocycles. The van der Waals surface area contributed by atoms with Crippen LogP contribution in [0.4, 0.5) is 0 Å². The summed E-state index contributed by atoms with van der Waals surface area (Å²) >= 11 is 0. The van der Waals surface area contributed by atoms with E-state index in [1.165, 1.54) is 0 Å². The number of aliphatic carboxylic acids is 1. The van der Waals surface area contributed by atoms with Crippen LogP contribution in [0, 0.1) is 5.92 Å². The van der Waals surface area contributed by atoms with E-state index in [4.69, 9.17) is 4.74 Å². The molecule has 0 saturated carbocycles. The third-order valence-electron chi connectivity index (χ3n) is 4.39. The van der Waals surface area contributed by atoms with Crippen molar-refractivity contribution < 1.29 is 19.4 Å². The molecule has 4 nitrogen and oxygen atoms in total. The molecule has 0 bridgehead atoms. The first-order chi connectivity index (χ1) is 14.6. The van der Waals surface area contributed by atoms with Crippen LogP contribution in [0.5, 0.6) is 0 Å². The predicted octanol–water partition coefficient (Wildman–Crippen LogP) is 5.09. The summed E-state index contributed by atoms with van der Waals surface area (Å²) < 4.78 is 4.82. The number of carboxylic acid groups (broad SMARTS) is 1. The molecule has 0 aliphatic rings. The molecule has 3 rings (SSSR count). The van der Waals surface area contributed by atoms with Gasteiger partial charge >= 0.3 is 11.9 Å². The fourth-order valence-electron chi connectivity index (χ4n) is 2.83. The van der Waals surface area contributed by atoms with Gasteiger partial charge in [-0.3, -0.25) is 4.79 Å². The van der Waals surface area contributed by atoms with Gasteiger partial charge in [-0.15, -0.1) is 0 Å². The van der Waals surface area contributed by atoms with Crippen LogP contribution in [-0.2, 0) is 33.8 Å². The molecule has 0 amide bonds. The molecule has 0 saturated heterocycles. The van der Waals surface area contributed by atoms with Crippen molar-refractivity contribution in [1.29, 1.82) is 0 Å². The summed E-state index contributed by atoms with van der Waals surface area (Å²) in [5.74, 6) is -1.49. The molecular formula is C26H26O4. The van der Waals surface area contributed by atoms with Gasteiger partial charge in [0.1, 0.15) is 6.61 Å². The zero-order valence-electron chi connectivity index (χ0n) is 16.8. The van der Waals surface area contributed by atoms with E-state index in [-0.39, 0.29) is 11.9 Å². The van der Waals surface area contributed by atoms with Gasteiger partial charge in [-0.25, -0.2) is 4.79 Å². The lowest BCUT2D eigenvalue weighted by Crippen LogP contribution is -2.19. The Balaban J connectivity index is 0.000000232. The standard InChI is InChI=1S/C16H16O2.C10H10O2/c17-16(18)15(11-13-7-3-1-4-8-13)12-14-9-5-2-6-10-14;1-2-10(11)12-8-9-6-4-3-5-7-9/h1-10,15H,11-12H2,(H,17,18);2-7H,1,8H2. The van der Waals surface area contributed by atoms with Gasteiger partial charge in [-0.2, -0.15) is 0 Å². The largest absolute Gasteiger partial charge is 0.481 e. The molecule has 30 heavy (non-hydrogen) atoms. The highest BCUT2D eigenvalue weighted by atomic mass is 16.5. The van der Waals surface area contributed by atoms with E-state index in [1.807, 2.05) is 91.0 Å². The Morgan fingerprint density at radius 1 is 0.767 bits per heavy atom. The van der Waals surface area contributed by atoms with Gasteiger partial charge in [-0.1, -0.05) is 97.6 Å². The molecule has 0 aliphatic carbocycles. The third kappa shape index (κ3) is 8.57. The number of carbonyl (C=O) groups excluding carboxylic acids is 1. The molecule has 3 aromatic rings. The topological polar surface area (TPSA) is 63.6 Å². The minimum atomic E-state index is -0.734. The summed E-state index contributed by atoms with van der Waals surface area (Å²) in [6, 6.07) is 29.1. The van der Waals surface area contributed by atoms with Crippen LogP contribution in [0.3, 0.4) is 0 Å². The van der Waals surface area contributed by atoms with E-state index in [0.717, 1.165) is 22.8 Å². The Hall–Kier alpha value is -3.66. The Morgan fingerprint density at radius 2 is 1.17 bits per heavy atom. The summed E-state index contributed by atoms with van der Waals surface area (Å²) in [5.41, 5.74) is 3.12. The number of rotatable bonds is 8. The zero-order valence-corrected chi connectivity index (χ0v) is 16.8. The summed E-state index contributed by atoms with van der Waals surface area (Å²) in [7, 11) is 0. The normalized spacial score (nSPS) is 9.90. The highest BCUT2D eigenvalue weighted by Gasteiger charge is 2.18. The lowest BCUT2D eigenvalue weighted by molar-refractivity contribution is -0.141. The van der Waals surface area contributed by atoms with Crippen LogP contribution in [-0.4, -0.2) is 17.0 Å². The van der Waals surface area contributed by atoms with E-state index in [0.29, 0.717) is 19.4 Å². The van der Waals surface area contributed by atoms with Crippen LogP contribution in [0.2, 0.25) is 0 Å². The van der Waals surface area contributed by atoms with Crippen LogP contribution in [0.15, 0.2) is 104 Å². The Bertz CT molecular complexity index is 864. The van der Waals surface area contributed by atoms with E-state index in [9.17, 15) is 14.7 Å². The quantitative estimate of drug-likeness (QED) is 0.421. The minimum absolute atomic E-state index is 0.311. The molecule has 0 unspecified atom stereocenters. The second kappa shape index (κ2) is 12.7. The van der Waals surface area contributed by atoms with Gasteiger partial charge in [-0.05, 0) is 29.5 Å². The smallest absolute Gasteiger partial charge is 0.330 e. The third-order valence-corrected chi connectivity index (χ3v) is 4.39. The SMILES string of the molecule is C=CC(=O)OCc1ccccc1.O=C(O)C(Cc1ccccc1)Cc1ccccc1. The molecule has 0 aliphatic heterocycles. The zero-order chi connectivity index (χ0) is 21.6. The number of esters is 1. The van der Waals surface area contributed by atoms with E-state index in [2.05, 4.69) is 6.58 Å². The van der Waals surface area contributed by atoms with Gasteiger partial charge in [0, 0.05) is 6.08 Å². The highest BCUT2D eigenvalue weighted by Crippen LogP contribution is 2.15. The van der Waals surface area contributed by atoms with Gasteiger partial charge in [0.2, 0.25) is 0 Å². The van der Waals surface area contributed by atoms with Gasteiger partial charge in [0.15, 0.2) is 0 Å². The second-order valence-corrected chi connectivity index (χ2v) is 6.71. The van der Waals surface area contributed by atoms with E-state index in [1.54, 1.807) is 0 Å². The lowest BCUT2D eigenvalue weighted by atomic mass is 9.93. The van der Waals surface area contributed by atoms with Crippen molar-refractivity contribution >= 4 is 11.9 Å². The maximum Gasteiger partial charge on any atom is 0.330 e. The van der Waals surface area contributed by atoms with Crippen molar-refractivity contribution in [2.75, 3.05) is 0 Å². The van der Waals surface area contributed by atoms with Crippen molar-refractivity contribution in [3.8, 4) is 0 Å². The van der Waals surface area contributed by atoms with Crippen molar-refractivity contribution in [2.24, 2.45) is 5.92 Å². The summed E-state index contributed by atoms with van der Waals surface area (Å²) in [6.07, 6.45) is 2.30. The Labute approximate surface area is 177 Å². The average Bonchev–Trinajstić information content (AvgIpc) is 2.79. The molecule has 0 aromatic heterocycles. The van der Waals surface area contributed by atoms with Crippen molar-refractivity contribution in [1.82, 2.24) is 0 Å².